The number of hydrogen-bond donors (Lipinski definition) is 0. The van der Waals surface area contributed by atoms with Crippen molar-refractivity contribution in [2.24, 2.45) is 11.8 Å². The summed E-state index contributed by atoms with van der Waals surface area (Å²) >= 11 is 6.22. The van der Waals surface area contributed by atoms with E-state index in [0.717, 1.165) is 11.5 Å². The molecule has 0 aromatic rings. The highest BCUT2D eigenvalue weighted by Gasteiger charge is 2.16. The Kier molecular flexibility index (Phi) is 4.47. The molecule has 0 radical (unpaired) electrons. The summed E-state index contributed by atoms with van der Waals surface area (Å²) in [5, 5.41) is 0.909. The van der Waals surface area contributed by atoms with Crippen LogP contribution in [-0.4, -0.2) is 0 Å². The highest BCUT2D eigenvalue weighted by molar-refractivity contribution is 6.31. The Morgan fingerprint density at radius 3 is 2.57 bits per heavy atom. The van der Waals surface area contributed by atoms with Crippen LogP contribution in [-0.2, 0) is 0 Å². The van der Waals surface area contributed by atoms with Gasteiger partial charge in [0.25, 0.3) is 0 Å². The van der Waals surface area contributed by atoms with Crippen LogP contribution < -0.4 is 0 Å². The lowest BCUT2D eigenvalue weighted by atomic mass is 9.86. The summed E-state index contributed by atoms with van der Waals surface area (Å²) in [6.07, 6.45) is 10.7. The molecule has 0 spiro atoms. The normalized spacial score (nSPS) is 20.9. The number of halogens is 1. The lowest BCUT2D eigenvalue weighted by Crippen LogP contribution is -2.09. The van der Waals surface area contributed by atoms with Crippen LogP contribution in [0.15, 0.2) is 34.9 Å². The van der Waals surface area contributed by atoms with Gasteiger partial charge in [0.1, 0.15) is 0 Å². The molecule has 0 nitrogen and oxygen atoms in total. The van der Waals surface area contributed by atoms with Crippen LogP contribution in [0, 0.1) is 11.8 Å². The highest BCUT2D eigenvalue weighted by atomic mass is 35.5. The SMILES string of the molecule is CCC(C)C(C)C1=C(Cl)C=CCC=C1. The maximum atomic E-state index is 6.22. The molecule has 0 aliphatic heterocycles. The van der Waals surface area contributed by atoms with Gasteiger partial charge >= 0.3 is 0 Å². The Balaban J connectivity index is 2.88. The van der Waals surface area contributed by atoms with E-state index >= 15 is 0 Å². The predicted molar refractivity (Wildman–Crippen MR) is 64.4 cm³/mol. The first-order valence-electron chi connectivity index (χ1n) is 5.39. The van der Waals surface area contributed by atoms with Crippen LogP contribution >= 0.6 is 11.6 Å². The smallest absolute Gasteiger partial charge is 0.0437 e. The summed E-state index contributed by atoms with van der Waals surface area (Å²) in [5.74, 6) is 1.24. The van der Waals surface area contributed by atoms with Gasteiger partial charge in [0.15, 0.2) is 0 Å². The van der Waals surface area contributed by atoms with Crippen LogP contribution in [0.1, 0.15) is 33.6 Å². The van der Waals surface area contributed by atoms with E-state index in [9.17, 15) is 0 Å². The summed E-state index contributed by atoms with van der Waals surface area (Å²) < 4.78 is 0. The molecule has 0 fully saturated rings. The molecule has 0 amide bonds. The second kappa shape index (κ2) is 5.41. The van der Waals surface area contributed by atoms with Crippen LogP contribution in [0.5, 0.6) is 0 Å². The molecule has 1 rings (SSSR count). The molecule has 0 N–H and O–H groups in total. The van der Waals surface area contributed by atoms with Gasteiger partial charge in [-0.05, 0) is 29.9 Å². The zero-order valence-corrected chi connectivity index (χ0v) is 10.0. The van der Waals surface area contributed by atoms with Gasteiger partial charge in [-0.15, -0.1) is 0 Å². The highest BCUT2D eigenvalue weighted by Crippen LogP contribution is 2.29. The van der Waals surface area contributed by atoms with Gasteiger partial charge in [0.05, 0.1) is 0 Å². The molecule has 0 saturated carbocycles. The van der Waals surface area contributed by atoms with Crippen molar-refractivity contribution in [3.05, 3.63) is 34.9 Å². The zero-order chi connectivity index (χ0) is 10.6. The van der Waals surface area contributed by atoms with Gasteiger partial charge in [-0.25, -0.2) is 0 Å². The minimum atomic E-state index is 0.548. The van der Waals surface area contributed by atoms with Gasteiger partial charge in [-0.2, -0.15) is 0 Å². The molecule has 78 valence electrons. The average Bonchev–Trinajstić information content (AvgIpc) is 2.40. The van der Waals surface area contributed by atoms with Gasteiger partial charge in [0.2, 0.25) is 0 Å². The first kappa shape index (κ1) is 11.6. The summed E-state index contributed by atoms with van der Waals surface area (Å²) in [6, 6.07) is 0. The molecule has 2 atom stereocenters. The fourth-order valence-corrected chi connectivity index (χ4v) is 1.97. The molecule has 1 aliphatic carbocycles. The van der Waals surface area contributed by atoms with Crippen molar-refractivity contribution < 1.29 is 0 Å². The largest absolute Gasteiger partial charge is 0.0840 e. The van der Waals surface area contributed by atoms with Crippen molar-refractivity contribution in [3.8, 4) is 0 Å². The first-order valence-corrected chi connectivity index (χ1v) is 5.77. The summed E-state index contributed by atoms with van der Waals surface area (Å²) in [6.45, 7) is 6.77. The Morgan fingerprint density at radius 1 is 1.29 bits per heavy atom. The molecule has 0 aromatic carbocycles. The van der Waals surface area contributed by atoms with Crippen molar-refractivity contribution in [2.75, 3.05) is 0 Å². The molecular formula is C13H19Cl. The standard InChI is InChI=1S/C13H19Cl/c1-4-10(2)11(3)12-8-6-5-7-9-13(12)14/h6-11H,4-5H2,1-3H3. The molecule has 14 heavy (non-hydrogen) atoms. The van der Waals surface area contributed by atoms with E-state index in [0.29, 0.717) is 11.8 Å². The van der Waals surface area contributed by atoms with E-state index in [-0.39, 0.29) is 0 Å². The molecule has 1 heteroatoms. The molecule has 0 saturated heterocycles. The monoisotopic (exact) mass is 210 g/mol. The molecule has 0 heterocycles. The van der Waals surface area contributed by atoms with E-state index in [1.165, 1.54) is 12.0 Å². The van der Waals surface area contributed by atoms with Crippen LogP contribution in [0.4, 0.5) is 0 Å². The zero-order valence-electron chi connectivity index (χ0n) is 9.26. The number of rotatable bonds is 3. The molecular weight excluding hydrogens is 192 g/mol. The fraction of sp³-hybridized carbons (Fsp3) is 0.538. The maximum absolute atomic E-state index is 6.22. The van der Waals surface area contributed by atoms with E-state index in [2.05, 4.69) is 39.0 Å². The average molecular weight is 211 g/mol. The summed E-state index contributed by atoms with van der Waals surface area (Å²) in [7, 11) is 0. The maximum Gasteiger partial charge on any atom is 0.0437 e. The van der Waals surface area contributed by atoms with Gasteiger partial charge in [-0.1, -0.05) is 57.0 Å². The van der Waals surface area contributed by atoms with E-state index < -0.39 is 0 Å². The third-order valence-electron chi connectivity index (χ3n) is 3.10. The topological polar surface area (TPSA) is 0 Å². The molecule has 0 bridgehead atoms. The minimum absolute atomic E-state index is 0.548. The Labute approximate surface area is 92.3 Å². The van der Waals surface area contributed by atoms with E-state index in [1.54, 1.807) is 0 Å². The second-order valence-corrected chi connectivity index (χ2v) is 4.43. The number of hydrogen-bond acceptors (Lipinski definition) is 0. The van der Waals surface area contributed by atoms with Gasteiger partial charge in [0, 0.05) is 5.03 Å². The molecule has 2 unspecified atom stereocenters. The lowest BCUT2D eigenvalue weighted by Gasteiger charge is -2.20. The fourth-order valence-electron chi connectivity index (χ4n) is 1.65. The van der Waals surface area contributed by atoms with Crippen LogP contribution in [0.25, 0.3) is 0 Å². The van der Waals surface area contributed by atoms with E-state index in [1.807, 2.05) is 6.08 Å². The van der Waals surface area contributed by atoms with Crippen molar-refractivity contribution in [2.45, 2.75) is 33.6 Å². The van der Waals surface area contributed by atoms with Crippen LogP contribution in [0.3, 0.4) is 0 Å². The van der Waals surface area contributed by atoms with Crippen molar-refractivity contribution >= 4 is 11.6 Å². The van der Waals surface area contributed by atoms with Crippen molar-refractivity contribution in [1.82, 2.24) is 0 Å². The Bertz CT molecular complexity index is 271. The van der Waals surface area contributed by atoms with Gasteiger partial charge in [-0.3, -0.25) is 0 Å². The third kappa shape index (κ3) is 2.75. The molecule has 0 aromatic heterocycles. The van der Waals surface area contributed by atoms with Gasteiger partial charge < -0.3 is 0 Å². The minimum Gasteiger partial charge on any atom is -0.0840 e. The Hall–Kier alpha value is -0.490. The quantitative estimate of drug-likeness (QED) is 0.635. The molecule has 1 aliphatic rings. The van der Waals surface area contributed by atoms with Crippen molar-refractivity contribution in [1.29, 1.82) is 0 Å². The predicted octanol–water partition coefficient (Wildman–Crippen LogP) is 4.68. The first-order chi connectivity index (χ1) is 6.66. The Morgan fingerprint density at radius 2 is 1.93 bits per heavy atom. The van der Waals surface area contributed by atoms with Crippen LogP contribution in [0.2, 0.25) is 0 Å². The van der Waals surface area contributed by atoms with Crippen molar-refractivity contribution in [3.63, 3.8) is 0 Å². The van der Waals surface area contributed by atoms with E-state index in [4.69, 9.17) is 11.6 Å². The second-order valence-electron chi connectivity index (χ2n) is 4.02. The summed E-state index contributed by atoms with van der Waals surface area (Å²) in [4.78, 5) is 0. The summed E-state index contributed by atoms with van der Waals surface area (Å²) in [5.41, 5.74) is 1.29. The number of allylic oxidation sites excluding steroid dienone is 6. The lowest BCUT2D eigenvalue weighted by molar-refractivity contribution is 0.433. The third-order valence-corrected chi connectivity index (χ3v) is 3.44.